The minimum Gasteiger partial charge on any atom is -1.00 e. The summed E-state index contributed by atoms with van der Waals surface area (Å²) in [5.74, 6) is 0.873. The number of nitrogens with zero attached hydrogens (tertiary/aromatic N) is 2. The van der Waals surface area contributed by atoms with Crippen LogP contribution in [-0.2, 0) is 6.42 Å². The molecule has 2 aromatic rings. The number of aromatic nitrogens is 1. The van der Waals surface area contributed by atoms with Gasteiger partial charge in [0.1, 0.15) is 12.4 Å². The first-order valence-corrected chi connectivity index (χ1v) is 10.8. The first kappa shape index (κ1) is 21.9. The summed E-state index contributed by atoms with van der Waals surface area (Å²) in [6, 6.07) is 5.98. The normalized spacial score (nSPS) is 18.6. The van der Waals surface area contributed by atoms with Crippen LogP contribution in [0.2, 0.25) is 0 Å². The lowest BCUT2D eigenvalue weighted by Crippen LogP contribution is -3.00. The van der Waals surface area contributed by atoms with Gasteiger partial charge >= 0.3 is 0 Å². The molecule has 0 spiro atoms. The Balaban J connectivity index is 0.00000240. The Morgan fingerprint density at radius 1 is 1.17 bits per heavy atom. The van der Waals surface area contributed by atoms with Crippen LogP contribution in [0.4, 0.5) is 5.69 Å². The number of pyridine rings is 1. The number of aromatic amines is 1. The lowest BCUT2D eigenvalue weighted by molar-refractivity contribution is -0.928. The van der Waals surface area contributed by atoms with E-state index in [9.17, 15) is 4.79 Å². The number of benzene rings is 1. The molecule has 0 unspecified atom stereocenters. The number of anilines is 1. The van der Waals surface area contributed by atoms with E-state index < -0.39 is 0 Å². The predicted octanol–water partition coefficient (Wildman–Crippen LogP) is -0.559. The summed E-state index contributed by atoms with van der Waals surface area (Å²) in [4.78, 5) is 17.8. The van der Waals surface area contributed by atoms with Crippen LogP contribution in [0.1, 0.15) is 25.8 Å². The molecule has 3 heterocycles. The molecule has 2 aliphatic rings. The summed E-state index contributed by atoms with van der Waals surface area (Å²) >= 11 is 0. The second-order valence-electron chi connectivity index (χ2n) is 8.16. The maximum absolute atomic E-state index is 12.3. The quantitative estimate of drug-likeness (QED) is 0.615. The average molecular weight is 421 g/mol. The third-order valence-corrected chi connectivity index (χ3v) is 6.79. The number of ether oxygens (including phenoxy) is 1. The maximum atomic E-state index is 12.3. The van der Waals surface area contributed by atoms with Gasteiger partial charge in [0.05, 0.1) is 37.4 Å². The van der Waals surface area contributed by atoms with Crippen molar-refractivity contribution in [3.63, 3.8) is 0 Å². The minimum atomic E-state index is 0. The van der Waals surface area contributed by atoms with Gasteiger partial charge in [0, 0.05) is 37.1 Å². The van der Waals surface area contributed by atoms with Crippen LogP contribution >= 0.6 is 0 Å². The Labute approximate surface area is 179 Å². The number of halogens is 1. The molecule has 0 bridgehead atoms. The van der Waals surface area contributed by atoms with Gasteiger partial charge in [0.2, 0.25) is 0 Å². The van der Waals surface area contributed by atoms with Crippen molar-refractivity contribution in [2.24, 2.45) is 0 Å². The lowest BCUT2D eigenvalue weighted by atomic mass is 10.0. The maximum Gasteiger partial charge on any atom is 0.253 e. The molecule has 1 aromatic carbocycles. The fourth-order valence-electron chi connectivity index (χ4n) is 4.62. The molecule has 0 atom stereocenters. The van der Waals surface area contributed by atoms with Gasteiger partial charge in [-0.25, -0.2) is 0 Å². The SMILES string of the molecule is CC[N+]1(CC)CCN(CCOc2ccc3[nH]c(=O)c4c(c3c2)NCCC4)CC1.[Cl-]. The monoisotopic (exact) mass is 420 g/mol. The largest absolute Gasteiger partial charge is 1.00 e. The van der Waals surface area contributed by atoms with Crippen molar-refractivity contribution in [2.75, 3.05) is 64.3 Å². The number of quaternary nitrogens is 1. The molecule has 1 fully saturated rings. The van der Waals surface area contributed by atoms with Gasteiger partial charge < -0.3 is 31.9 Å². The van der Waals surface area contributed by atoms with Crippen LogP contribution in [0.3, 0.4) is 0 Å². The topological polar surface area (TPSA) is 57.4 Å². The first-order chi connectivity index (χ1) is 13.6. The van der Waals surface area contributed by atoms with Gasteiger partial charge in [-0.1, -0.05) is 0 Å². The van der Waals surface area contributed by atoms with E-state index in [1.807, 2.05) is 12.1 Å². The molecule has 7 heteroatoms. The van der Waals surface area contributed by atoms with Crippen molar-refractivity contribution in [3.05, 3.63) is 34.1 Å². The van der Waals surface area contributed by atoms with Gasteiger partial charge in [0.15, 0.2) is 0 Å². The van der Waals surface area contributed by atoms with Crippen molar-refractivity contribution in [1.29, 1.82) is 0 Å². The molecule has 0 aliphatic carbocycles. The number of nitrogens with one attached hydrogen (secondary N) is 2. The summed E-state index contributed by atoms with van der Waals surface area (Å²) < 4.78 is 7.32. The van der Waals surface area contributed by atoms with Gasteiger partial charge in [0.25, 0.3) is 5.56 Å². The second-order valence-corrected chi connectivity index (χ2v) is 8.16. The molecule has 0 amide bonds. The Morgan fingerprint density at radius 3 is 2.66 bits per heavy atom. The molecule has 1 aromatic heterocycles. The molecule has 0 saturated carbocycles. The molecule has 2 N–H and O–H groups in total. The Bertz CT molecular complexity index is 884. The lowest BCUT2D eigenvalue weighted by Gasteiger charge is -2.43. The fourth-order valence-corrected chi connectivity index (χ4v) is 4.62. The van der Waals surface area contributed by atoms with Crippen molar-refractivity contribution in [1.82, 2.24) is 9.88 Å². The number of piperazine rings is 1. The number of H-pyrrole nitrogens is 1. The zero-order valence-corrected chi connectivity index (χ0v) is 18.4. The van der Waals surface area contributed by atoms with E-state index in [2.05, 4.69) is 35.1 Å². The molecule has 29 heavy (non-hydrogen) atoms. The highest BCUT2D eigenvalue weighted by molar-refractivity contribution is 5.94. The molecule has 0 radical (unpaired) electrons. The van der Waals surface area contributed by atoms with Crippen molar-refractivity contribution < 1.29 is 21.6 Å². The fraction of sp³-hybridized carbons (Fsp3) is 0.591. The zero-order valence-electron chi connectivity index (χ0n) is 17.6. The van der Waals surface area contributed by atoms with E-state index in [1.54, 1.807) is 0 Å². The Morgan fingerprint density at radius 2 is 1.93 bits per heavy atom. The van der Waals surface area contributed by atoms with Crippen molar-refractivity contribution >= 4 is 16.6 Å². The van der Waals surface area contributed by atoms with Crippen LogP contribution in [0, 0.1) is 0 Å². The Kier molecular flexibility index (Phi) is 7.09. The van der Waals surface area contributed by atoms with Gasteiger partial charge in [-0.05, 0) is 44.9 Å². The van der Waals surface area contributed by atoms with E-state index in [1.165, 1.54) is 30.7 Å². The van der Waals surface area contributed by atoms with Crippen LogP contribution in [0.5, 0.6) is 5.75 Å². The second kappa shape index (κ2) is 9.37. The molecule has 4 rings (SSSR count). The molecular formula is C22H33ClN4O2. The smallest absolute Gasteiger partial charge is 0.253 e. The number of likely N-dealkylation sites (N-methyl/N-ethyl adjacent to an activating group) is 1. The van der Waals surface area contributed by atoms with Crippen LogP contribution in [0.15, 0.2) is 23.0 Å². The van der Waals surface area contributed by atoms with E-state index in [4.69, 9.17) is 4.74 Å². The molecule has 2 aliphatic heterocycles. The first-order valence-electron chi connectivity index (χ1n) is 10.8. The van der Waals surface area contributed by atoms with E-state index in [0.717, 1.165) is 66.9 Å². The summed E-state index contributed by atoms with van der Waals surface area (Å²) in [5.41, 5.74) is 2.76. The molecule has 1 saturated heterocycles. The van der Waals surface area contributed by atoms with Crippen LogP contribution in [0.25, 0.3) is 10.9 Å². The van der Waals surface area contributed by atoms with Gasteiger partial charge in [-0.3, -0.25) is 9.69 Å². The number of hydrogen-bond acceptors (Lipinski definition) is 4. The number of hydrogen-bond donors (Lipinski definition) is 2. The van der Waals surface area contributed by atoms with Crippen LogP contribution in [-0.4, -0.2) is 73.3 Å². The Hall–Kier alpha value is -1.76. The van der Waals surface area contributed by atoms with E-state index in [0.29, 0.717) is 6.61 Å². The minimum absolute atomic E-state index is 0. The summed E-state index contributed by atoms with van der Waals surface area (Å²) in [6.07, 6.45) is 1.84. The third kappa shape index (κ3) is 4.55. The summed E-state index contributed by atoms with van der Waals surface area (Å²) in [7, 11) is 0. The highest BCUT2D eigenvalue weighted by Gasteiger charge is 2.29. The van der Waals surface area contributed by atoms with Crippen molar-refractivity contribution in [3.8, 4) is 5.75 Å². The third-order valence-electron chi connectivity index (χ3n) is 6.79. The highest BCUT2D eigenvalue weighted by Crippen LogP contribution is 2.30. The zero-order chi connectivity index (χ0) is 19.6. The van der Waals surface area contributed by atoms with Crippen LogP contribution < -0.4 is 28.0 Å². The van der Waals surface area contributed by atoms with E-state index in [-0.39, 0.29) is 18.0 Å². The summed E-state index contributed by atoms with van der Waals surface area (Å²) in [6.45, 7) is 14.5. The highest BCUT2D eigenvalue weighted by atomic mass is 35.5. The van der Waals surface area contributed by atoms with Gasteiger partial charge in [-0.2, -0.15) is 0 Å². The van der Waals surface area contributed by atoms with E-state index >= 15 is 0 Å². The number of fused-ring (bicyclic) bond motifs is 3. The molecule has 160 valence electrons. The number of rotatable bonds is 6. The standard InChI is InChI=1S/C22H32N4O2.ClH/c1-3-26(4-2)13-10-25(11-14-26)12-15-28-17-7-8-20-19(16-17)21-18(22(27)24-20)6-5-9-23-21;/h7-8,16H,3-6,9-15H2,1-2H3,(H-,23,24,27);1H. The summed E-state index contributed by atoms with van der Waals surface area (Å²) in [5, 5.41) is 4.47. The molecular weight excluding hydrogens is 388 g/mol. The average Bonchev–Trinajstić information content (AvgIpc) is 2.75. The van der Waals surface area contributed by atoms with Gasteiger partial charge in [-0.15, -0.1) is 0 Å². The van der Waals surface area contributed by atoms with Crippen molar-refractivity contribution in [2.45, 2.75) is 26.7 Å². The molecule has 6 nitrogen and oxygen atoms in total. The predicted molar refractivity (Wildman–Crippen MR) is 114 cm³/mol.